The number of nitrogens with zero attached hydrogens (tertiary/aromatic N) is 1. The van der Waals surface area contributed by atoms with Crippen LogP contribution in [0.2, 0.25) is 0 Å². The number of nitrogens with one attached hydrogen (secondary N) is 8. The first kappa shape index (κ1) is 39.2. The first-order chi connectivity index (χ1) is 23.7. The van der Waals surface area contributed by atoms with Crippen LogP contribution in [0.25, 0.3) is 10.9 Å². The Morgan fingerprint density at radius 3 is 2.18 bits per heavy atom. The Bertz CT molecular complexity index is 1620. The van der Waals surface area contributed by atoms with Gasteiger partial charge in [-0.2, -0.15) is 0 Å². The van der Waals surface area contributed by atoms with Crippen LogP contribution in [0.5, 0.6) is 0 Å². The van der Waals surface area contributed by atoms with Crippen LogP contribution in [0, 0.1) is 11.8 Å². The summed E-state index contributed by atoms with van der Waals surface area (Å²) in [5.41, 5.74) is 9.98. The van der Waals surface area contributed by atoms with Gasteiger partial charge in [0.25, 0.3) is 5.91 Å². The monoisotopic (exact) mass is 696 g/mol. The molecule has 17 heteroatoms. The van der Waals surface area contributed by atoms with Crippen LogP contribution in [-0.2, 0) is 41.6 Å². The molecule has 0 unspecified atom stereocenters. The number of fused-ring (bicyclic) bond motifs is 1. The maximum absolute atomic E-state index is 13.2. The molecule has 6 amide bonds. The Hall–Kier alpha value is -5.29. The number of hydroxylamine groups is 1. The molecular weight excluding hydrogens is 648 g/mol. The molecule has 1 aromatic carbocycles. The topological polar surface area (TPSA) is 265 Å². The fraction of sp³-hybridized carbons (Fsp3) is 0.485. The molecule has 0 saturated heterocycles. The summed E-state index contributed by atoms with van der Waals surface area (Å²) in [6, 6.07) is 2.36. The van der Waals surface area contributed by atoms with Gasteiger partial charge in [0.2, 0.25) is 29.5 Å². The average Bonchev–Trinajstić information content (AvgIpc) is 3.74. The number of imidazole rings is 1. The lowest BCUT2D eigenvalue weighted by Gasteiger charge is -2.25. The van der Waals surface area contributed by atoms with Crippen LogP contribution >= 0.6 is 0 Å². The first-order valence-corrected chi connectivity index (χ1v) is 16.4. The second-order valence-corrected chi connectivity index (χ2v) is 12.9. The number of rotatable bonds is 18. The number of para-hydroxylation sites is 1. The van der Waals surface area contributed by atoms with Gasteiger partial charge in [-0.15, -0.1) is 0 Å². The zero-order valence-corrected chi connectivity index (χ0v) is 28.8. The van der Waals surface area contributed by atoms with Gasteiger partial charge in [-0.25, -0.2) is 10.5 Å². The summed E-state index contributed by atoms with van der Waals surface area (Å²) >= 11 is 0. The zero-order chi connectivity index (χ0) is 37.0. The lowest BCUT2D eigenvalue weighted by Crippen LogP contribution is -2.58. The minimum Gasteiger partial charge on any atom is -0.361 e. The van der Waals surface area contributed by atoms with E-state index < -0.39 is 78.1 Å². The summed E-state index contributed by atoms with van der Waals surface area (Å²) in [5.74, 6) is -4.46. The Kier molecular flexibility index (Phi) is 14.5. The van der Waals surface area contributed by atoms with Gasteiger partial charge in [-0.05, 0) is 43.2 Å². The van der Waals surface area contributed by atoms with E-state index in [4.69, 9.17) is 10.9 Å². The number of aromatic amines is 2. The van der Waals surface area contributed by atoms with E-state index in [0.717, 1.165) is 16.5 Å². The van der Waals surface area contributed by atoms with Crippen molar-refractivity contribution in [2.24, 2.45) is 17.6 Å². The Balaban J connectivity index is 1.56. The Morgan fingerprint density at radius 2 is 1.54 bits per heavy atom. The highest BCUT2D eigenvalue weighted by Crippen LogP contribution is 2.19. The van der Waals surface area contributed by atoms with Crippen molar-refractivity contribution in [3.63, 3.8) is 0 Å². The normalized spacial score (nSPS) is 14.3. The third kappa shape index (κ3) is 11.4. The average molecular weight is 697 g/mol. The Morgan fingerprint density at radius 1 is 0.820 bits per heavy atom. The quantitative estimate of drug-likeness (QED) is 0.0594. The molecule has 0 spiro atoms. The van der Waals surface area contributed by atoms with Crippen molar-refractivity contribution in [2.45, 2.75) is 84.1 Å². The summed E-state index contributed by atoms with van der Waals surface area (Å²) < 4.78 is 0. The van der Waals surface area contributed by atoms with E-state index >= 15 is 0 Å². The number of benzene rings is 1. The van der Waals surface area contributed by atoms with E-state index in [1.54, 1.807) is 20.0 Å². The largest absolute Gasteiger partial charge is 0.361 e. The number of carbonyl (C=O) groups excluding carboxylic acids is 6. The standard InChI is InChI=1S/C33H48N10O7/c1-17(2)10-25(32(48)43-50)41-31(47)26(12-21-14-35-16-38-21)40-27(44)15-37-33(49)28(18(3)4)42-29(45)19(5)39-30(46)23(34)11-20-13-36-24-9-7-6-8-22(20)24/h6-9,13-14,16-19,23,25-26,28,36,50H,10-12,15,34H2,1-5H3,(H,35,38)(H,37,49)(H,39,46)(H,40,44)(H,41,47)(H,42,45)(H,43,48)/t19-,23-,25-,26-,28-/m0/s1. The number of hydrogen-bond donors (Lipinski definition) is 10. The minimum atomic E-state index is -1.17. The van der Waals surface area contributed by atoms with Crippen molar-refractivity contribution >= 4 is 46.3 Å². The summed E-state index contributed by atoms with van der Waals surface area (Å²) in [6.45, 7) is 8.00. The highest BCUT2D eigenvalue weighted by molar-refractivity contribution is 5.95. The maximum atomic E-state index is 13.2. The molecule has 3 aromatic rings. The van der Waals surface area contributed by atoms with Crippen LogP contribution in [-0.4, -0.2) is 92.4 Å². The van der Waals surface area contributed by atoms with Gasteiger partial charge in [0, 0.05) is 35.4 Å². The second-order valence-electron chi connectivity index (χ2n) is 12.9. The zero-order valence-electron chi connectivity index (χ0n) is 28.8. The van der Waals surface area contributed by atoms with Crippen LogP contribution in [0.3, 0.4) is 0 Å². The molecule has 0 aliphatic heterocycles. The SMILES string of the molecule is CC(C)C[C@H](NC(=O)[C@H](Cc1cnc[nH]1)NC(=O)CNC(=O)[C@@H](NC(=O)[C@H](C)NC(=O)[C@@H](N)Cc1c[nH]c2ccccc12)C(C)C)C(=O)NO. The Labute approximate surface area is 289 Å². The summed E-state index contributed by atoms with van der Waals surface area (Å²) in [4.78, 5) is 87.1. The molecule has 0 radical (unpaired) electrons. The summed E-state index contributed by atoms with van der Waals surface area (Å²) in [6.07, 6.45) is 5.11. The number of nitrogens with two attached hydrogens (primary N) is 1. The molecule has 0 aliphatic rings. The van der Waals surface area contributed by atoms with Crippen molar-refractivity contribution in [2.75, 3.05) is 6.54 Å². The van der Waals surface area contributed by atoms with Crippen molar-refractivity contribution in [1.29, 1.82) is 0 Å². The van der Waals surface area contributed by atoms with E-state index in [1.165, 1.54) is 24.9 Å². The molecule has 5 atom stereocenters. The van der Waals surface area contributed by atoms with Gasteiger partial charge in [0.05, 0.1) is 18.9 Å². The van der Waals surface area contributed by atoms with Gasteiger partial charge >= 0.3 is 0 Å². The molecule has 0 aliphatic carbocycles. The molecule has 0 fully saturated rings. The van der Waals surface area contributed by atoms with Crippen molar-refractivity contribution in [3.05, 3.63) is 54.2 Å². The van der Waals surface area contributed by atoms with Gasteiger partial charge in [0.15, 0.2) is 0 Å². The molecule has 11 N–H and O–H groups in total. The molecule has 17 nitrogen and oxygen atoms in total. The maximum Gasteiger partial charge on any atom is 0.265 e. The van der Waals surface area contributed by atoms with E-state index in [9.17, 15) is 28.8 Å². The van der Waals surface area contributed by atoms with Gasteiger partial charge in [0.1, 0.15) is 24.2 Å². The molecular formula is C33H48N10O7. The van der Waals surface area contributed by atoms with E-state index in [1.807, 2.05) is 38.1 Å². The summed E-state index contributed by atoms with van der Waals surface area (Å²) in [7, 11) is 0. The van der Waals surface area contributed by atoms with Crippen LogP contribution in [0.1, 0.15) is 52.3 Å². The third-order valence-electron chi connectivity index (χ3n) is 7.95. The fourth-order valence-corrected chi connectivity index (χ4v) is 5.23. The third-order valence-corrected chi connectivity index (χ3v) is 7.95. The first-order valence-electron chi connectivity index (χ1n) is 16.4. The molecule has 2 heterocycles. The van der Waals surface area contributed by atoms with E-state index in [-0.39, 0.29) is 25.2 Å². The molecule has 50 heavy (non-hydrogen) atoms. The van der Waals surface area contributed by atoms with E-state index in [2.05, 4.69) is 41.5 Å². The minimum absolute atomic E-state index is 0.00401. The summed E-state index contributed by atoms with van der Waals surface area (Å²) in [5, 5.41) is 22.9. The van der Waals surface area contributed by atoms with E-state index in [0.29, 0.717) is 5.69 Å². The predicted molar refractivity (Wildman–Crippen MR) is 183 cm³/mol. The van der Waals surface area contributed by atoms with Crippen LogP contribution in [0.4, 0.5) is 0 Å². The highest BCUT2D eigenvalue weighted by atomic mass is 16.5. The molecule has 0 bridgehead atoms. The number of H-pyrrole nitrogens is 2. The molecule has 3 rings (SSSR count). The molecule has 2 aromatic heterocycles. The lowest BCUT2D eigenvalue weighted by atomic mass is 10.0. The number of aromatic nitrogens is 3. The van der Waals surface area contributed by atoms with Gasteiger partial charge in [-0.1, -0.05) is 45.9 Å². The van der Waals surface area contributed by atoms with Gasteiger partial charge < -0.3 is 42.3 Å². The molecule has 272 valence electrons. The van der Waals surface area contributed by atoms with Crippen molar-refractivity contribution in [3.8, 4) is 0 Å². The van der Waals surface area contributed by atoms with Crippen molar-refractivity contribution < 1.29 is 34.0 Å². The smallest absolute Gasteiger partial charge is 0.265 e. The van der Waals surface area contributed by atoms with Crippen LogP contribution < -0.4 is 37.8 Å². The highest BCUT2D eigenvalue weighted by Gasteiger charge is 2.30. The fourth-order valence-electron chi connectivity index (χ4n) is 5.23. The lowest BCUT2D eigenvalue weighted by molar-refractivity contribution is -0.136. The van der Waals surface area contributed by atoms with Gasteiger partial charge in [-0.3, -0.25) is 34.0 Å². The second kappa shape index (κ2) is 18.5. The van der Waals surface area contributed by atoms with Crippen molar-refractivity contribution in [1.82, 2.24) is 47.0 Å². The van der Waals surface area contributed by atoms with Crippen LogP contribution in [0.15, 0.2) is 43.0 Å². The number of hydrogen-bond acceptors (Lipinski definition) is 9. The number of amides is 6. The molecule has 0 saturated carbocycles. The number of carbonyl (C=O) groups is 6. The predicted octanol–water partition coefficient (Wildman–Crippen LogP) is -0.714.